The minimum absolute atomic E-state index is 0.180. The highest BCUT2D eigenvalue weighted by Crippen LogP contribution is 2.52. The molecule has 216 valence electrons. The van der Waals surface area contributed by atoms with Gasteiger partial charge in [0.05, 0.1) is 29.9 Å². The first-order valence-electron chi connectivity index (χ1n) is 13.3. The van der Waals surface area contributed by atoms with Gasteiger partial charge in [-0.2, -0.15) is 13.2 Å². The Hall–Kier alpha value is -4.21. The summed E-state index contributed by atoms with van der Waals surface area (Å²) in [5.41, 5.74) is 0.698. The summed E-state index contributed by atoms with van der Waals surface area (Å²) in [6.07, 6.45) is -3.98. The van der Waals surface area contributed by atoms with Gasteiger partial charge in [0.1, 0.15) is 24.2 Å². The Morgan fingerprint density at radius 2 is 1.78 bits per heavy atom. The van der Waals surface area contributed by atoms with Crippen LogP contribution >= 0.6 is 0 Å². The highest BCUT2D eigenvalue weighted by atomic mass is 19.4. The van der Waals surface area contributed by atoms with Crippen molar-refractivity contribution in [3.8, 4) is 11.5 Å². The number of carboxylic acid groups (broad SMARTS) is 1. The number of amides is 1. The lowest BCUT2D eigenvalue weighted by Crippen LogP contribution is -2.41. The van der Waals surface area contributed by atoms with Crippen LogP contribution in [-0.4, -0.2) is 43.3 Å². The second-order valence-corrected chi connectivity index (χ2v) is 10.9. The van der Waals surface area contributed by atoms with Gasteiger partial charge in [0.15, 0.2) is 0 Å². The molecule has 5 rings (SSSR count). The smallest absolute Gasteiger partial charge is 0.418 e. The fourth-order valence-corrected chi connectivity index (χ4v) is 5.55. The Kier molecular flexibility index (Phi) is 7.35. The van der Waals surface area contributed by atoms with Crippen LogP contribution in [0.3, 0.4) is 0 Å². The SMILES string of the molecule is Cc1cc(OC[C@@H]2CN(C)c3ccccc3O2)cc(C)c1C(=O)Nc1cc(C2(CC(=O)O)CC2)ccc1C(F)(F)F. The first kappa shape index (κ1) is 28.3. The lowest BCUT2D eigenvalue weighted by Gasteiger charge is -2.33. The van der Waals surface area contributed by atoms with E-state index in [0.717, 1.165) is 17.5 Å². The van der Waals surface area contributed by atoms with Crippen molar-refractivity contribution in [2.24, 2.45) is 0 Å². The van der Waals surface area contributed by atoms with Crippen molar-refractivity contribution in [1.29, 1.82) is 0 Å². The number of fused-ring (bicyclic) bond motifs is 1. The van der Waals surface area contributed by atoms with Gasteiger partial charge in [0.2, 0.25) is 0 Å². The third kappa shape index (κ3) is 5.96. The fourth-order valence-electron chi connectivity index (χ4n) is 5.55. The highest BCUT2D eigenvalue weighted by Gasteiger charge is 2.47. The average molecular weight is 569 g/mol. The van der Waals surface area contributed by atoms with Crippen LogP contribution < -0.4 is 19.7 Å². The van der Waals surface area contributed by atoms with E-state index in [-0.39, 0.29) is 24.7 Å². The number of aryl methyl sites for hydroxylation is 2. The molecule has 3 aromatic rings. The molecule has 0 radical (unpaired) electrons. The van der Waals surface area contributed by atoms with Crippen molar-refractivity contribution in [3.05, 3.63) is 82.4 Å². The Morgan fingerprint density at radius 1 is 1.10 bits per heavy atom. The summed E-state index contributed by atoms with van der Waals surface area (Å²) in [7, 11) is 1.98. The molecule has 0 spiro atoms. The third-order valence-corrected chi connectivity index (χ3v) is 7.75. The predicted molar refractivity (Wildman–Crippen MR) is 148 cm³/mol. The summed E-state index contributed by atoms with van der Waals surface area (Å²) in [5.74, 6) is -0.421. The predicted octanol–water partition coefficient (Wildman–Crippen LogP) is 6.36. The van der Waals surface area contributed by atoms with Crippen molar-refractivity contribution in [2.75, 3.05) is 30.4 Å². The van der Waals surface area contributed by atoms with E-state index in [4.69, 9.17) is 9.47 Å². The molecule has 1 amide bonds. The van der Waals surface area contributed by atoms with Crippen molar-refractivity contribution in [2.45, 2.75) is 50.8 Å². The Morgan fingerprint density at radius 3 is 2.41 bits per heavy atom. The van der Waals surface area contributed by atoms with E-state index in [0.29, 0.717) is 41.8 Å². The maximum absolute atomic E-state index is 13.8. The molecular formula is C31H31F3N2O5. The fraction of sp³-hybridized carbons (Fsp3) is 0.355. The van der Waals surface area contributed by atoms with E-state index in [1.54, 1.807) is 26.0 Å². The normalized spacial score (nSPS) is 17.3. The number of likely N-dealkylation sites (N-methyl/N-ethyl adjacent to an activating group) is 1. The number of carboxylic acids is 1. The Balaban J connectivity index is 1.33. The van der Waals surface area contributed by atoms with Gasteiger partial charge in [0, 0.05) is 18.0 Å². The number of nitrogens with one attached hydrogen (secondary N) is 1. The third-order valence-electron chi connectivity index (χ3n) is 7.75. The van der Waals surface area contributed by atoms with Crippen LogP contribution in [0, 0.1) is 13.8 Å². The number of halogens is 3. The van der Waals surface area contributed by atoms with Gasteiger partial charge in [0.25, 0.3) is 5.91 Å². The second kappa shape index (κ2) is 10.6. The number of hydrogen-bond donors (Lipinski definition) is 2. The van der Waals surface area contributed by atoms with Gasteiger partial charge in [-0.15, -0.1) is 0 Å². The zero-order valence-electron chi connectivity index (χ0n) is 23.0. The number of benzene rings is 3. The first-order chi connectivity index (χ1) is 19.4. The van der Waals surface area contributed by atoms with Crippen LogP contribution in [0.5, 0.6) is 11.5 Å². The summed E-state index contributed by atoms with van der Waals surface area (Å²) >= 11 is 0. The molecule has 0 saturated heterocycles. The molecule has 1 atom stereocenters. The quantitative estimate of drug-likeness (QED) is 0.329. The molecule has 10 heteroatoms. The zero-order valence-corrected chi connectivity index (χ0v) is 23.0. The van der Waals surface area contributed by atoms with Gasteiger partial charge in [-0.25, -0.2) is 0 Å². The van der Waals surface area contributed by atoms with Gasteiger partial charge in [-0.1, -0.05) is 18.2 Å². The largest absolute Gasteiger partial charge is 0.490 e. The Bertz CT molecular complexity index is 1480. The zero-order chi connectivity index (χ0) is 29.5. The molecule has 3 aromatic carbocycles. The first-order valence-corrected chi connectivity index (χ1v) is 13.3. The molecule has 1 aliphatic heterocycles. The molecule has 1 aliphatic carbocycles. The topological polar surface area (TPSA) is 88.1 Å². The Labute approximate surface area is 235 Å². The molecular weight excluding hydrogens is 537 g/mol. The van der Waals surface area contributed by atoms with Gasteiger partial charge >= 0.3 is 12.1 Å². The van der Waals surface area contributed by atoms with Crippen LogP contribution in [0.25, 0.3) is 0 Å². The van der Waals surface area contributed by atoms with Crippen molar-refractivity contribution in [3.63, 3.8) is 0 Å². The molecule has 2 N–H and O–H groups in total. The number of nitrogens with zero attached hydrogens (tertiary/aromatic N) is 1. The molecule has 1 heterocycles. The molecule has 41 heavy (non-hydrogen) atoms. The number of anilines is 2. The molecule has 0 bridgehead atoms. The monoisotopic (exact) mass is 568 g/mol. The number of aliphatic carboxylic acids is 1. The van der Waals surface area contributed by atoms with Crippen molar-refractivity contribution < 1.29 is 37.3 Å². The number of carbonyl (C=O) groups is 2. The number of alkyl halides is 3. The van der Waals surface area contributed by atoms with Crippen LogP contribution in [0.4, 0.5) is 24.5 Å². The number of ether oxygens (including phenoxy) is 2. The molecule has 1 saturated carbocycles. The minimum atomic E-state index is -4.71. The lowest BCUT2D eigenvalue weighted by atomic mass is 9.90. The molecule has 2 aliphatic rings. The van der Waals surface area contributed by atoms with Crippen LogP contribution in [0.2, 0.25) is 0 Å². The number of hydrogen-bond acceptors (Lipinski definition) is 5. The van der Waals surface area contributed by atoms with Crippen molar-refractivity contribution >= 4 is 23.3 Å². The summed E-state index contributed by atoms with van der Waals surface area (Å²) in [4.78, 5) is 26.7. The summed E-state index contributed by atoms with van der Waals surface area (Å²) < 4.78 is 53.6. The summed E-state index contributed by atoms with van der Waals surface area (Å²) in [6.45, 7) is 4.29. The van der Waals surface area contributed by atoms with Gasteiger partial charge in [-0.3, -0.25) is 9.59 Å². The van der Waals surface area contributed by atoms with Crippen LogP contribution in [-0.2, 0) is 16.4 Å². The van der Waals surface area contributed by atoms with E-state index in [1.165, 1.54) is 12.1 Å². The minimum Gasteiger partial charge on any atom is -0.490 e. The summed E-state index contributed by atoms with van der Waals surface area (Å²) in [5, 5.41) is 11.7. The van der Waals surface area contributed by atoms with Gasteiger partial charge < -0.3 is 24.8 Å². The van der Waals surface area contributed by atoms with Gasteiger partial charge in [-0.05, 0) is 79.8 Å². The van der Waals surface area contributed by atoms with Crippen molar-refractivity contribution in [1.82, 2.24) is 0 Å². The van der Waals surface area contributed by atoms with E-state index in [1.807, 2.05) is 31.3 Å². The van der Waals surface area contributed by atoms with E-state index < -0.39 is 34.7 Å². The van der Waals surface area contributed by atoms with Crippen LogP contribution in [0.1, 0.15) is 51.9 Å². The number of para-hydroxylation sites is 2. The number of rotatable bonds is 8. The number of carbonyl (C=O) groups excluding carboxylic acids is 1. The maximum Gasteiger partial charge on any atom is 0.418 e. The molecule has 0 aromatic heterocycles. The van der Waals surface area contributed by atoms with Crippen LogP contribution in [0.15, 0.2) is 54.6 Å². The molecule has 7 nitrogen and oxygen atoms in total. The average Bonchev–Trinajstić information content (AvgIpc) is 3.66. The highest BCUT2D eigenvalue weighted by molar-refractivity contribution is 6.07. The molecule has 0 unspecified atom stereocenters. The maximum atomic E-state index is 13.8. The van der Waals surface area contributed by atoms with E-state index >= 15 is 0 Å². The summed E-state index contributed by atoms with van der Waals surface area (Å²) in [6, 6.07) is 14.6. The lowest BCUT2D eigenvalue weighted by molar-refractivity contribution is -0.138. The molecule has 1 fully saturated rings. The standard InChI is InChI=1S/C31H31F3N2O5/c1-18-12-21(40-17-22-16-36(3)25-6-4-5-7-26(25)41-22)13-19(2)28(18)29(39)35-24-14-20(8-9-23(24)31(32,33)34)30(10-11-30)15-27(37)38/h4-9,12-14,22H,10-11,15-17H2,1-3H3,(H,35,39)(H,37,38)/t22-/m0/s1. The van der Waals surface area contributed by atoms with E-state index in [2.05, 4.69) is 10.2 Å². The second-order valence-electron chi connectivity index (χ2n) is 10.9. The van der Waals surface area contributed by atoms with E-state index in [9.17, 15) is 27.9 Å².